The molecule has 0 aliphatic heterocycles. The number of nitrogens with one attached hydrogen (secondary N) is 1. The molecule has 0 aliphatic rings. The summed E-state index contributed by atoms with van der Waals surface area (Å²) in [6.45, 7) is 2.39. The van der Waals surface area contributed by atoms with E-state index in [1.54, 1.807) is 11.3 Å². The van der Waals surface area contributed by atoms with E-state index in [1.165, 1.54) is 18.2 Å². The maximum Gasteiger partial charge on any atom is 0.354 e. The van der Waals surface area contributed by atoms with Crippen LogP contribution in [-0.4, -0.2) is 22.0 Å². The molecule has 0 atom stereocenters. The summed E-state index contributed by atoms with van der Waals surface area (Å²) in [5.41, 5.74) is 1.09. The van der Waals surface area contributed by atoms with E-state index in [4.69, 9.17) is 5.11 Å². The average molecular weight is 276 g/mol. The van der Waals surface area contributed by atoms with Crippen molar-refractivity contribution in [2.24, 2.45) is 0 Å². The molecule has 0 radical (unpaired) electrons. The van der Waals surface area contributed by atoms with Crippen LogP contribution >= 0.6 is 11.3 Å². The predicted molar refractivity (Wildman–Crippen MR) is 71.4 cm³/mol. The minimum absolute atomic E-state index is 0.106. The lowest BCUT2D eigenvalue weighted by atomic mass is 10.2. The average Bonchev–Trinajstić information content (AvgIpc) is 2.81. The molecule has 98 valence electrons. The Morgan fingerprint density at radius 2 is 2.05 bits per heavy atom. The number of aromatic carboxylic acids is 1. The van der Waals surface area contributed by atoms with Gasteiger partial charge in [-0.2, -0.15) is 0 Å². The number of hydrogen-bond donors (Lipinski definition) is 2. The van der Waals surface area contributed by atoms with Crippen LogP contribution in [0.1, 0.15) is 31.4 Å². The second-order valence-electron chi connectivity index (χ2n) is 3.92. The van der Waals surface area contributed by atoms with E-state index in [-0.39, 0.29) is 17.3 Å². The molecular weight excluding hydrogens is 264 g/mol. The van der Waals surface area contributed by atoms with Gasteiger partial charge in [0.05, 0.1) is 6.54 Å². The van der Waals surface area contributed by atoms with Crippen LogP contribution in [0.5, 0.6) is 0 Å². The summed E-state index contributed by atoms with van der Waals surface area (Å²) in [7, 11) is 0. The summed E-state index contributed by atoms with van der Waals surface area (Å²) in [5.74, 6) is -1.53. The highest BCUT2D eigenvalue weighted by atomic mass is 32.1. The molecule has 2 N–H and O–H groups in total. The summed E-state index contributed by atoms with van der Waals surface area (Å²) >= 11 is 1.57. The van der Waals surface area contributed by atoms with Crippen LogP contribution < -0.4 is 5.32 Å². The fraction of sp³-hybridized carbons (Fsp3) is 0.154. The Kier molecular flexibility index (Phi) is 3.91. The zero-order valence-electron chi connectivity index (χ0n) is 10.2. The molecule has 1 amide bonds. The zero-order chi connectivity index (χ0) is 13.8. The Morgan fingerprint density at radius 1 is 1.32 bits per heavy atom. The first-order valence-corrected chi connectivity index (χ1v) is 6.47. The molecule has 0 fully saturated rings. The van der Waals surface area contributed by atoms with Crippen molar-refractivity contribution in [3.8, 4) is 0 Å². The van der Waals surface area contributed by atoms with E-state index in [1.807, 2.05) is 18.4 Å². The van der Waals surface area contributed by atoms with Crippen molar-refractivity contribution in [1.29, 1.82) is 0 Å². The van der Waals surface area contributed by atoms with Crippen LogP contribution in [0.3, 0.4) is 0 Å². The summed E-state index contributed by atoms with van der Waals surface area (Å²) in [6.07, 6.45) is 0. The first-order chi connectivity index (χ1) is 9.08. The molecule has 2 aromatic heterocycles. The van der Waals surface area contributed by atoms with E-state index < -0.39 is 5.97 Å². The lowest BCUT2D eigenvalue weighted by Crippen LogP contribution is -2.24. The fourth-order valence-corrected chi connectivity index (χ4v) is 2.36. The molecule has 0 bridgehead atoms. The Morgan fingerprint density at radius 3 is 2.68 bits per heavy atom. The van der Waals surface area contributed by atoms with E-state index in [9.17, 15) is 9.59 Å². The van der Waals surface area contributed by atoms with Crippen molar-refractivity contribution in [3.63, 3.8) is 0 Å². The van der Waals surface area contributed by atoms with Crippen molar-refractivity contribution >= 4 is 23.2 Å². The third kappa shape index (κ3) is 3.17. The number of aryl methyl sites for hydroxylation is 1. The second kappa shape index (κ2) is 5.62. The fourth-order valence-electron chi connectivity index (χ4n) is 1.52. The van der Waals surface area contributed by atoms with Gasteiger partial charge in [0.1, 0.15) is 11.4 Å². The van der Waals surface area contributed by atoms with Gasteiger partial charge in [-0.3, -0.25) is 4.79 Å². The molecule has 0 aliphatic carbocycles. The summed E-state index contributed by atoms with van der Waals surface area (Å²) < 4.78 is 0. The smallest absolute Gasteiger partial charge is 0.354 e. The third-order valence-electron chi connectivity index (χ3n) is 2.58. The van der Waals surface area contributed by atoms with Crippen LogP contribution in [0, 0.1) is 6.92 Å². The van der Waals surface area contributed by atoms with E-state index >= 15 is 0 Å². The van der Waals surface area contributed by atoms with Gasteiger partial charge in [-0.1, -0.05) is 6.07 Å². The van der Waals surface area contributed by atoms with Gasteiger partial charge in [-0.15, -0.1) is 11.3 Å². The van der Waals surface area contributed by atoms with Crippen molar-refractivity contribution in [1.82, 2.24) is 10.3 Å². The van der Waals surface area contributed by atoms with E-state index in [2.05, 4.69) is 10.3 Å². The Balaban J connectivity index is 2.06. The number of aromatic nitrogens is 1. The summed E-state index contributed by atoms with van der Waals surface area (Å²) in [4.78, 5) is 27.5. The molecule has 2 aromatic rings. The quantitative estimate of drug-likeness (QED) is 0.896. The lowest BCUT2D eigenvalue weighted by Gasteiger charge is -2.04. The number of hydrogen-bond acceptors (Lipinski definition) is 4. The van der Waals surface area contributed by atoms with Gasteiger partial charge in [-0.05, 0) is 36.1 Å². The number of rotatable bonds is 4. The topological polar surface area (TPSA) is 79.3 Å². The van der Waals surface area contributed by atoms with Crippen molar-refractivity contribution in [2.45, 2.75) is 13.5 Å². The second-order valence-corrected chi connectivity index (χ2v) is 4.92. The number of carboxylic acids is 1. The van der Waals surface area contributed by atoms with Gasteiger partial charge in [-0.25, -0.2) is 9.78 Å². The van der Waals surface area contributed by atoms with Gasteiger partial charge < -0.3 is 10.4 Å². The van der Waals surface area contributed by atoms with Crippen molar-refractivity contribution in [3.05, 3.63) is 51.5 Å². The molecule has 2 rings (SSSR count). The lowest BCUT2D eigenvalue weighted by molar-refractivity contribution is 0.0690. The first-order valence-electron chi connectivity index (χ1n) is 5.59. The van der Waals surface area contributed by atoms with Gasteiger partial charge in [0.25, 0.3) is 5.91 Å². The molecule has 0 unspecified atom stereocenters. The SMILES string of the molecule is Cc1ccsc1CNC(=O)c1cccc(C(=O)O)n1. The summed E-state index contributed by atoms with van der Waals surface area (Å²) in [6, 6.07) is 6.32. The molecule has 0 saturated heterocycles. The molecule has 5 nitrogen and oxygen atoms in total. The highest BCUT2D eigenvalue weighted by Gasteiger charge is 2.11. The minimum atomic E-state index is -1.15. The number of carbonyl (C=O) groups excluding carboxylic acids is 1. The normalized spacial score (nSPS) is 10.2. The largest absolute Gasteiger partial charge is 0.477 e. The van der Waals surface area contributed by atoms with Crippen LogP contribution in [0.2, 0.25) is 0 Å². The maximum atomic E-state index is 11.9. The highest BCUT2D eigenvalue weighted by Crippen LogP contribution is 2.15. The first kappa shape index (κ1) is 13.2. The summed E-state index contributed by atoms with van der Waals surface area (Å²) in [5, 5.41) is 13.5. The van der Waals surface area contributed by atoms with E-state index in [0.29, 0.717) is 6.54 Å². The number of thiophene rings is 1. The van der Waals surface area contributed by atoms with Gasteiger partial charge in [0, 0.05) is 4.88 Å². The predicted octanol–water partition coefficient (Wildman–Crippen LogP) is 2.08. The van der Waals surface area contributed by atoms with Gasteiger partial charge in [0.15, 0.2) is 0 Å². The van der Waals surface area contributed by atoms with Crippen LogP contribution in [0.25, 0.3) is 0 Å². The molecule has 0 spiro atoms. The number of carboxylic acid groups (broad SMARTS) is 1. The molecule has 2 heterocycles. The monoisotopic (exact) mass is 276 g/mol. The Hall–Kier alpha value is -2.21. The Labute approximate surface area is 113 Å². The number of carbonyl (C=O) groups is 2. The molecule has 19 heavy (non-hydrogen) atoms. The molecular formula is C13H12N2O3S. The zero-order valence-corrected chi connectivity index (χ0v) is 11.0. The van der Waals surface area contributed by atoms with Crippen molar-refractivity contribution in [2.75, 3.05) is 0 Å². The van der Waals surface area contributed by atoms with Gasteiger partial charge >= 0.3 is 5.97 Å². The third-order valence-corrected chi connectivity index (χ3v) is 3.60. The number of pyridine rings is 1. The minimum Gasteiger partial charge on any atom is -0.477 e. The molecule has 6 heteroatoms. The van der Waals surface area contributed by atoms with Crippen molar-refractivity contribution < 1.29 is 14.7 Å². The maximum absolute atomic E-state index is 11.9. The van der Waals surface area contributed by atoms with Gasteiger partial charge in [0.2, 0.25) is 0 Å². The van der Waals surface area contributed by atoms with Crippen LogP contribution in [0.15, 0.2) is 29.6 Å². The molecule has 0 aromatic carbocycles. The van der Waals surface area contributed by atoms with E-state index in [0.717, 1.165) is 10.4 Å². The van der Waals surface area contributed by atoms with Crippen LogP contribution in [0.4, 0.5) is 0 Å². The number of nitrogens with zero attached hydrogens (tertiary/aromatic N) is 1. The highest BCUT2D eigenvalue weighted by molar-refractivity contribution is 7.10. The Bertz CT molecular complexity index is 622. The number of amides is 1. The molecule has 0 saturated carbocycles. The standard InChI is InChI=1S/C13H12N2O3S/c1-8-5-6-19-11(8)7-14-12(16)9-3-2-4-10(15-9)13(17)18/h2-6H,7H2,1H3,(H,14,16)(H,17,18). The van der Waals surface area contributed by atoms with Crippen LogP contribution in [-0.2, 0) is 6.54 Å².